The van der Waals surface area contributed by atoms with Crippen molar-refractivity contribution in [1.82, 2.24) is 9.80 Å². The first kappa shape index (κ1) is 15.8. The molecule has 0 aromatic rings. The topological polar surface area (TPSA) is 70.1 Å². The predicted molar refractivity (Wildman–Crippen MR) is 71.0 cm³/mol. The van der Waals surface area contributed by atoms with Crippen LogP contribution < -0.4 is 0 Å². The number of urea groups is 1. The maximum absolute atomic E-state index is 12.3. The fraction of sp³-hybridized carbons (Fsp3) is 0.846. The van der Waals surface area contributed by atoms with Gasteiger partial charge in [0.15, 0.2) is 0 Å². The van der Waals surface area contributed by atoms with Gasteiger partial charge in [-0.2, -0.15) is 0 Å². The highest BCUT2D eigenvalue weighted by molar-refractivity contribution is 5.76. The largest absolute Gasteiger partial charge is 0.481 e. The molecule has 0 radical (unpaired) electrons. The molecule has 0 aromatic heterocycles. The van der Waals surface area contributed by atoms with Crippen LogP contribution in [0.25, 0.3) is 0 Å². The van der Waals surface area contributed by atoms with E-state index in [1.165, 1.54) is 0 Å². The lowest BCUT2D eigenvalue weighted by molar-refractivity contribution is -0.145. The Morgan fingerprint density at radius 2 is 1.95 bits per heavy atom. The molecule has 1 aliphatic rings. The molecule has 6 nitrogen and oxygen atoms in total. The Morgan fingerprint density at radius 1 is 1.37 bits per heavy atom. The Morgan fingerprint density at radius 3 is 2.37 bits per heavy atom. The lowest BCUT2D eigenvalue weighted by Crippen LogP contribution is -2.58. The van der Waals surface area contributed by atoms with Crippen molar-refractivity contribution in [1.29, 1.82) is 0 Å². The van der Waals surface area contributed by atoms with E-state index in [9.17, 15) is 9.59 Å². The molecule has 1 rings (SSSR count). The molecule has 110 valence electrons. The van der Waals surface area contributed by atoms with E-state index in [0.717, 1.165) is 0 Å². The van der Waals surface area contributed by atoms with E-state index in [1.54, 1.807) is 23.8 Å². The summed E-state index contributed by atoms with van der Waals surface area (Å²) in [6.07, 6.45) is 0. The monoisotopic (exact) mass is 272 g/mol. The quantitative estimate of drug-likeness (QED) is 0.786. The molecule has 6 heteroatoms. The number of ether oxygens (including phenoxy) is 1. The van der Waals surface area contributed by atoms with E-state index in [0.29, 0.717) is 26.2 Å². The van der Waals surface area contributed by atoms with Gasteiger partial charge in [-0.25, -0.2) is 4.79 Å². The number of carboxylic acids is 1. The van der Waals surface area contributed by atoms with Crippen molar-refractivity contribution in [3.8, 4) is 0 Å². The maximum atomic E-state index is 12.3. The van der Waals surface area contributed by atoms with E-state index in [1.807, 2.05) is 13.8 Å². The maximum Gasteiger partial charge on any atom is 0.320 e. The van der Waals surface area contributed by atoms with Gasteiger partial charge in [0.1, 0.15) is 0 Å². The highest BCUT2D eigenvalue weighted by Crippen LogP contribution is 2.25. The van der Waals surface area contributed by atoms with Gasteiger partial charge in [-0.1, -0.05) is 6.92 Å². The van der Waals surface area contributed by atoms with Crippen molar-refractivity contribution in [2.45, 2.75) is 26.8 Å². The number of nitrogens with zero attached hydrogens (tertiary/aromatic N) is 2. The molecule has 0 saturated carbocycles. The summed E-state index contributed by atoms with van der Waals surface area (Å²) in [5, 5.41) is 8.93. The van der Waals surface area contributed by atoms with Crippen LogP contribution in [0.3, 0.4) is 0 Å². The Hall–Kier alpha value is -1.30. The first-order valence-corrected chi connectivity index (χ1v) is 6.65. The Labute approximate surface area is 114 Å². The Kier molecular flexibility index (Phi) is 5.60. The summed E-state index contributed by atoms with van der Waals surface area (Å²) in [6.45, 7) is 7.75. The minimum Gasteiger partial charge on any atom is -0.481 e. The lowest BCUT2D eigenvalue weighted by Gasteiger charge is -2.44. The van der Waals surface area contributed by atoms with Crippen LogP contribution in [-0.4, -0.2) is 66.3 Å². The van der Waals surface area contributed by atoms with E-state index in [-0.39, 0.29) is 18.0 Å². The zero-order valence-corrected chi connectivity index (χ0v) is 12.1. The summed E-state index contributed by atoms with van der Waals surface area (Å²) in [6, 6.07) is 0.0829. The van der Waals surface area contributed by atoms with Crippen molar-refractivity contribution < 1.29 is 19.4 Å². The fourth-order valence-corrected chi connectivity index (χ4v) is 2.13. The molecule has 0 aromatic carbocycles. The van der Waals surface area contributed by atoms with Crippen molar-refractivity contribution in [2.24, 2.45) is 11.8 Å². The first-order valence-electron chi connectivity index (χ1n) is 6.65. The second kappa shape index (κ2) is 6.75. The van der Waals surface area contributed by atoms with Gasteiger partial charge in [-0.3, -0.25) is 4.79 Å². The first-order chi connectivity index (χ1) is 8.88. The van der Waals surface area contributed by atoms with Crippen molar-refractivity contribution >= 4 is 12.0 Å². The third-order valence-electron chi connectivity index (χ3n) is 3.68. The number of hydrogen-bond donors (Lipinski definition) is 1. The Bertz CT molecular complexity index is 327. The summed E-state index contributed by atoms with van der Waals surface area (Å²) >= 11 is 0. The summed E-state index contributed by atoms with van der Waals surface area (Å²) in [5.74, 6) is -1.12. The average molecular weight is 272 g/mol. The molecule has 1 heterocycles. The summed E-state index contributed by atoms with van der Waals surface area (Å²) < 4.78 is 5.00. The number of carbonyl (C=O) groups excluding carboxylic acids is 1. The van der Waals surface area contributed by atoms with E-state index in [4.69, 9.17) is 9.84 Å². The number of rotatable bonds is 6. The summed E-state index contributed by atoms with van der Waals surface area (Å²) in [7, 11) is 1.61. The molecule has 0 bridgehead atoms. The normalized spacial score (nSPS) is 17.2. The van der Waals surface area contributed by atoms with E-state index in [2.05, 4.69) is 0 Å². The second-order valence-electron chi connectivity index (χ2n) is 5.35. The van der Waals surface area contributed by atoms with Gasteiger partial charge in [0, 0.05) is 38.7 Å². The molecule has 1 unspecified atom stereocenters. The molecule has 1 atom stereocenters. The molecule has 1 aliphatic heterocycles. The zero-order chi connectivity index (χ0) is 14.6. The van der Waals surface area contributed by atoms with E-state index >= 15 is 0 Å². The highest BCUT2D eigenvalue weighted by atomic mass is 16.5. The van der Waals surface area contributed by atoms with Crippen LogP contribution in [0.4, 0.5) is 4.79 Å². The predicted octanol–water partition coefficient (Wildman–Crippen LogP) is 1.12. The molecule has 19 heavy (non-hydrogen) atoms. The van der Waals surface area contributed by atoms with Crippen LogP contribution in [0.1, 0.15) is 20.8 Å². The van der Waals surface area contributed by atoms with Gasteiger partial charge < -0.3 is 19.6 Å². The number of likely N-dealkylation sites (tertiary alicyclic amines) is 1. The SMILES string of the molecule is COCCN(C(=O)N1CC(C(C)C(=O)O)C1)C(C)C. The minimum absolute atomic E-state index is 0.0270. The van der Waals surface area contributed by atoms with Crippen molar-refractivity contribution in [2.75, 3.05) is 33.4 Å². The number of hydrogen-bond acceptors (Lipinski definition) is 3. The number of amides is 2. The van der Waals surface area contributed by atoms with Gasteiger partial charge >= 0.3 is 12.0 Å². The van der Waals surface area contributed by atoms with Crippen LogP contribution in [0.2, 0.25) is 0 Å². The zero-order valence-electron chi connectivity index (χ0n) is 12.1. The molecule has 1 saturated heterocycles. The van der Waals surface area contributed by atoms with Crippen molar-refractivity contribution in [3.63, 3.8) is 0 Å². The number of carbonyl (C=O) groups is 2. The second-order valence-corrected chi connectivity index (χ2v) is 5.35. The smallest absolute Gasteiger partial charge is 0.320 e. The number of carboxylic acid groups (broad SMARTS) is 1. The number of methoxy groups -OCH3 is 1. The molecule has 2 amide bonds. The number of aliphatic carboxylic acids is 1. The molecule has 0 spiro atoms. The van der Waals surface area contributed by atoms with Crippen LogP contribution >= 0.6 is 0 Å². The minimum atomic E-state index is -0.794. The van der Waals surface area contributed by atoms with Gasteiger partial charge in [0.25, 0.3) is 0 Å². The van der Waals surface area contributed by atoms with Gasteiger partial charge in [0.2, 0.25) is 0 Å². The molecular formula is C13H24N2O4. The van der Waals surface area contributed by atoms with Crippen LogP contribution in [-0.2, 0) is 9.53 Å². The molecular weight excluding hydrogens is 248 g/mol. The highest BCUT2D eigenvalue weighted by Gasteiger charge is 2.39. The molecule has 1 N–H and O–H groups in total. The van der Waals surface area contributed by atoms with Crippen LogP contribution in [0, 0.1) is 11.8 Å². The summed E-state index contributed by atoms with van der Waals surface area (Å²) in [4.78, 5) is 26.6. The van der Waals surface area contributed by atoms with Crippen LogP contribution in [0.15, 0.2) is 0 Å². The molecule has 1 fully saturated rings. The lowest BCUT2D eigenvalue weighted by atomic mass is 9.87. The molecule has 0 aliphatic carbocycles. The summed E-state index contributed by atoms with van der Waals surface area (Å²) in [5.41, 5.74) is 0. The van der Waals surface area contributed by atoms with Gasteiger partial charge in [0.05, 0.1) is 12.5 Å². The third kappa shape index (κ3) is 3.83. The van der Waals surface area contributed by atoms with E-state index < -0.39 is 11.9 Å². The third-order valence-corrected chi connectivity index (χ3v) is 3.68. The average Bonchev–Trinajstić information content (AvgIpc) is 2.26. The van der Waals surface area contributed by atoms with Crippen molar-refractivity contribution in [3.05, 3.63) is 0 Å². The standard InChI is InChI=1S/C13H24N2O4/c1-9(2)15(5-6-19-4)13(18)14-7-11(8-14)10(3)12(16)17/h9-11H,5-8H2,1-4H3,(H,16,17). The fourth-order valence-electron chi connectivity index (χ4n) is 2.13. The van der Waals surface area contributed by atoms with Gasteiger partial charge in [-0.05, 0) is 13.8 Å². The van der Waals surface area contributed by atoms with Gasteiger partial charge in [-0.15, -0.1) is 0 Å². The Balaban J connectivity index is 2.48. The van der Waals surface area contributed by atoms with Crippen LogP contribution in [0.5, 0.6) is 0 Å².